The highest BCUT2D eigenvalue weighted by molar-refractivity contribution is 6.31. The molecular weight excluding hydrogens is 476 g/mol. The van der Waals surface area contributed by atoms with Crippen LogP contribution < -0.4 is 10.1 Å². The van der Waals surface area contributed by atoms with Gasteiger partial charge in [-0.15, -0.1) is 0 Å². The number of aromatic hydroxyl groups is 3. The van der Waals surface area contributed by atoms with Gasteiger partial charge in [0.2, 0.25) is 0 Å². The Morgan fingerprint density at radius 3 is 2.57 bits per heavy atom. The lowest BCUT2D eigenvalue weighted by atomic mass is 9.70. The number of phenolic OH excluding ortho intramolecular Hbond substituents is 3. The number of H-pyrrole nitrogens is 1. The van der Waals surface area contributed by atoms with Crippen molar-refractivity contribution in [1.29, 1.82) is 0 Å². The van der Waals surface area contributed by atoms with Crippen LogP contribution in [0.25, 0.3) is 10.9 Å². The van der Waals surface area contributed by atoms with E-state index in [1.54, 1.807) is 25.1 Å². The van der Waals surface area contributed by atoms with Gasteiger partial charge >= 0.3 is 0 Å². The minimum atomic E-state index is -1.55. The van der Waals surface area contributed by atoms with Gasteiger partial charge in [-0.25, -0.2) is 0 Å². The van der Waals surface area contributed by atoms with Crippen LogP contribution in [0.15, 0.2) is 47.5 Å². The number of benzene rings is 2. The number of ketones is 3. The largest absolute Gasteiger partial charge is 0.508 e. The number of fused-ring (bicyclic) bond motifs is 4. The number of hydrogen-bond donors (Lipinski definition) is 5. The topological polar surface area (TPSA) is 149 Å². The molecule has 0 saturated carbocycles. The molecule has 1 aliphatic heterocycles. The van der Waals surface area contributed by atoms with Gasteiger partial charge < -0.3 is 30.4 Å². The van der Waals surface area contributed by atoms with E-state index in [4.69, 9.17) is 4.74 Å². The molecule has 0 saturated heterocycles. The fourth-order valence-electron chi connectivity index (χ4n) is 5.21. The Kier molecular flexibility index (Phi) is 5.40. The first-order valence-corrected chi connectivity index (χ1v) is 11.8. The number of Topliss-reactive ketones (excluding diaryl/α,β-unsaturated/α-hetero) is 2. The lowest BCUT2D eigenvalue weighted by molar-refractivity contribution is -0.123. The number of allylic oxidation sites excluding steroid dienone is 4. The summed E-state index contributed by atoms with van der Waals surface area (Å²) in [7, 11) is 0. The molecular formula is C28H26N2O7. The minimum Gasteiger partial charge on any atom is -0.508 e. The molecule has 0 fully saturated rings. The van der Waals surface area contributed by atoms with Crippen LogP contribution in [-0.2, 0) is 21.4 Å². The summed E-state index contributed by atoms with van der Waals surface area (Å²) in [4.78, 5) is 42.3. The van der Waals surface area contributed by atoms with Gasteiger partial charge in [0, 0.05) is 41.0 Å². The molecule has 9 heteroatoms. The van der Waals surface area contributed by atoms with Gasteiger partial charge in [0.05, 0.1) is 11.1 Å². The van der Waals surface area contributed by atoms with Crippen molar-refractivity contribution in [3.05, 3.63) is 69.8 Å². The number of carbonyl (C=O) groups is 3. The Morgan fingerprint density at radius 2 is 1.86 bits per heavy atom. The summed E-state index contributed by atoms with van der Waals surface area (Å²) < 4.78 is 5.78. The molecule has 2 heterocycles. The van der Waals surface area contributed by atoms with Crippen molar-refractivity contribution in [1.82, 2.24) is 10.3 Å². The van der Waals surface area contributed by atoms with Gasteiger partial charge in [0.25, 0.3) is 0 Å². The number of aromatic amines is 1. The number of ether oxygens (including phenoxy) is 1. The number of aromatic nitrogens is 1. The molecule has 0 radical (unpaired) electrons. The van der Waals surface area contributed by atoms with Crippen LogP contribution in [0.2, 0.25) is 0 Å². The maximum absolute atomic E-state index is 13.8. The first-order chi connectivity index (χ1) is 17.5. The molecule has 190 valence electrons. The summed E-state index contributed by atoms with van der Waals surface area (Å²) in [6, 6.07) is 5.06. The molecule has 1 atom stereocenters. The number of nitrogens with one attached hydrogen (secondary N) is 2. The van der Waals surface area contributed by atoms with Crippen LogP contribution in [0.3, 0.4) is 0 Å². The summed E-state index contributed by atoms with van der Waals surface area (Å²) in [5, 5.41) is 35.2. The average molecular weight is 503 g/mol. The highest BCUT2D eigenvalue weighted by atomic mass is 16.5. The molecule has 37 heavy (non-hydrogen) atoms. The zero-order chi connectivity index (χ0) is 26.8. The molecule has 0 amide bonds. The predicted molar refractivity (Wildman–Crippen MR) is 135 cm³/mol. The van der Waals surface area contributed by atoms with Crippen molar-refractivity contribution >= 4 is 28.3 Å². The maximum atomic E-state index is 13.8. The third kappa shape index (κ3) is 3.41. The van der Waals surface area contributed by atoms with Gasteiger partial charge in [-0.3, -0.25) is 14.4 Å². The summed E-state index contributed by atoms with van der Waals surface area (Å²) >= 11 is 0. The predicted octanol–water partition coefficient (Wildman–Crippen LogP) is 3.59. The third-order valence-electron chi connectivity index (χ3n) is 7.30. The van der Waals surface area contributed by atoms with E-state index < -0.39 is 28.5 Å². The van der Waals surface area contributed by atoms with Crippen molar-refractivity contribution in [3.8, 4) is 23.0 Å². The van der Waals surface area contributed by atoms with Crippen LogP contribution in [0, 0.1) is 6.92 Å². The van der Waals surface area contributed by atoms with E-state index in [1.807, 2.05) is 6.20 Å². The quantitative estimate of drug-likeness (QED) is 0.202. The summed E-state index contributed by atoms with van der Waals surface area (Å²) in [6.45, 7) is 6.26. The molecule has 2 aromatic carbocycles. The number of rotatable bonds is 5. The van der Waals surface area contributed by atoms with E-state index in [-0.39, 0.29) is 45.3 Å². The van der Waals surface area contributed by atoms with Gasteiger partial charge in [-0.1, -0.05) is 0 Å². The van der Waals surface area contributed by atoms with E-state index >= 15 is 0 Å². The normalized spacial score (nSPS) is 19.8. The fourth-order valence-corrected chi connectivity index (χ4v) is 5.21. The molecule has 1 aliphatic carbocycles. The Labute approximate surface area is 212 Å². The summed E-state index contributed by atoms with van der Waals surface area (Å²) in [6.07, 6.45) is 3.60. The van der Waals surface area contributed by atoms with Crippen LogP contribution in [0.5, 0.6) is 23.0 Å². The minimum absolute atomic E-state index is 0.00421. The zero-order valence-electron chi connectivity index (χ0n) is 20.8. The lowest BCUT2D eigenvalue weighted by Gasteiger charge is -2.29. The Bertz CT molecular complexity index is 1610. The van der Waals surface area contributed by atoms with E-state index in [0.29, 0.717) is 18.7 Å². The Hall–Kier alpha value is -4.53. The molecule has 0 spiro atoms. The van der Waals surface area contributed by atoms with E-state index in [9.17, 15) is 29.7 Å². The molecule has 3 aromatic rings. The summed E-state index contributed by atoms with van der Waals surface area (Å²) in [5.41, 5.74) is 0.539. The molecule has 1 aromatic heterocycles. The third-order valence-corrected chi connectivity index (χ3v) is 7.30. The molecule has 1 unspecified atom stereocenters. The van der Waals surface area contributed by atoms with Crippen molar-refractivity contribution in [2.75, 3.05) is 6.54 Å². The van der Waals surface area contributed by atoms with Crippen molar-refractivity contribution in [2.45, 2.75) is 39.5 Å². The monoisotopic (exact) mass is 502 g/mol. The van der Waals surface area contributed by atoms with Crippen LogP contribution >= 0.6 is 0 Å². The fraction of sp³-hybridized carbons (Fsp3) is 0.250. The second-order valence-corrected chi connectivity index (χ2v) is 9.61. The second kappa shape index (κ2) is 8.26. The molecule has 5 rings (SSSR count). The van der Waals surface area contributed by atoms with Crippen LogP contribution in [0.1, 0.15) is 47.8 Å². The zero-order valence-corrected chi connectivity index (χ0v) is 20.8. The van der Waals surface area contributed by atoms with E-state index in [1.165, 1.54) is 26.8 Å². The molecule has 5 N–H and O–H groups in total. The highest BCUT2D eigenvalue weighted by Crippen LogP contribution is 2.57. The first-order valence-electron chi connectivity index (χ1n) is 11.8. The Morgan fingerprint density at radius 1 is 1.14 bits per heavy atom. The highest BCUT2D eigenvalue weighted by Gasteiger charge is 2.56. The molecule has 2 aliphatic rings. The van der Waals surface area contributed by atoms with Gasteiger partial charge in [-0.05, 0) is 57.9 Å². The number of carbonyl (C=O) groups excluding carboxylic acids is 3. The van der Waals surface area contributed by atoms with E-state index in [0.717, 1.165) is 16.5 Å². The SMILES string of the molecule is CC(=O)c1c(O)c(C)c(O)c2c1OC1=CC(=O)C(=C(C)NCCc3c[nH]c4ccc(O)cc34)C(=O)C12C. The smallest absolute Gasteiger partial charge is 0.194 e. The maximum Gasteiger partial charge on any atom is 0.194 e. The van der Waals surface area contributed by atoms with Crippen molar-refractivity contribution < 1.29 is 34.4 Å². The second-order valence-electron chi connectivity index (χ2n) is 9.61. The van der Waals surface area contributed by atoms with Crippen molar-refractivity contribution in [2.24, 2.45) is 0 Å². The van der Waals surface area contributed by atoms with Crippen molar-refractivity contribution in [3.63, 3.8) is 0 Å². The Balaban J connectivity index is 1.50. The van der Waals surface area contributed by atoms with E-state index in [2.05, 4.69) is 10.3 Å². The first kappa shape index (κ1) is 24.2. The summed E-state index contributed by atoms with van der Waals surface area (Å²) in [5.74, 6) is -2.38. The number of hydrogen-bond acceptors (Lipinski definition) is 8. The molecule has 9 nitrogen and oxygen atoms in total. The van der Waals surface area contributed by atoms with Gasteiger partial charge in [0.1, 0.15) is 39.7 Å². The average Bonchev–Trinajstić information content (AvgIpc) is 3.36. The van der Waals surface area contributed by atoms with Crippen LogP contribution in [0.4, 0.5) is 0 Å². The standard InChI is InChI=1S/C28H26N2O7/c1-12-24(34)22(14(3)31)26-23(25(12)35)28(4)20(37-26)10-19(33)21(27(28)36)13(2)29-8-7-15-11-30-18-6-5-16(32)9-17(15)18/h5-6,9-11,29-30,32,34-35H,7-8H2,1-4H3. The number of phenols is 3. The van der Waals surface area contributed by atoms with Gasteiger partial charge in [0.15, 0.2) is 17.3 Å². The van der Waals surface area contributed by atoms with Crippen LogP contribution in [-0.4, -0.2) is 44.2 Å². The van der Waals surface area contributed by atoms with Gasteiger partial charge in [-0.2, -0.15) is 0 Å². The molecule has 0 bridgehead atoms. The lowest BCUT2D eigenvalue weighted by Crippen LogP contribution is -2.41.